The number of hydrogen-bond donors (Lipinski definition) is 2. The lowest BCUT2D eigenvalue weighted by Crippen LogP contribution is -2.54. The number of furan rings is 1. The van der Waals surface area contributed by atoms with E-state index < -0.39 is 24.3 Å². The van der Waals surface area contributed by atoms with Gasteiger partial charge in [0.2, 0.25) is 5.91 Å². The molecule has 1 amide bonds. The summed E-state index contributed by atoms with van der Waals surface area (Å²) >= 11 is 0. The molecule has 3 saturated heterocycles. The molecule has 3 fully saturated rings. The van der Waals surface area contributed by atoms with E-state index in [-0.39, 0.29) is 0 Å². The van der Waals surface area contributed by atoms with E-state index in [4.69, 9.17) is 29.0 Å². The number of fused-ring (bicyclic) bond motifs is 1. The molecular weight excluding hydrogens is 544 g/mol. The van der Waals surface area contributed by atoms with E-state index in [1.54, 1.807) is 0 Å². The molecule has 0 bridgehead atoms. The number of carbonyl (C=O) groups excluding carboxylic acids is 1. The first kappa shape index (κ1) is 32.4. The Labute approximate surface area is 220 Å². The highest BCUT2D eigenvalue weighted by molar-refractivity contribution is 5.77. The Morgan fingerprint density at radius 2 is 1.49 bits per heavy atom. The van der Waals surface area contributed by atoms with Crippen LogP contribution >= 0.6 is 0 Å². The summed E-state index contributed by atoms with van der Waals surface area (Å²) in [4.78, 5) is 37.4. The van der Waals surface area contributed by atoms with E-state index in [2.05, 4.69) is 20.8 Å². The van der Waals surface area contributed by atoms with Crippen molar-refractivity contribution >= 4 is 17.8 Å². The predicted molar refractivity (Wildman–Crippen MR) is 122 cm³/mol. The van der Waals surface area contributed by atoms with Gasteiger partial charge in [-0.3, -0.25) is 14.6 Å². The Hall–Kier alpha value is -2.85. The molecule has 39 heavy (non-hydrogen) atoms. The molecule has 2 N–H and O–H groups in total. The third-order valence-corrected chi connectivity index (χ3v) is 6.40. The Morgan fingerprint density at radius 1 is 0.923 bits per heavy atom. The number of carboxylic acid groups (broad SMARTS) is 2. The molecule has 4 heterocycles. The lowest BCUT2D eigenvalue weighted by atomic mass is 9.96. The number of piperidine rings is 1. The van der Waals surface area contributed by atoms with Crippen LogP contribution in [0.3, 0.4) is 0 Å². The first-order valence-electron chi connectivity index (χ1n) is 12.1. The lowest BCUT2D eigenvalue weighted by Gasteiger charge is -2.41. The van der Waals surface area contributed by atoms with E-state index >= 15 is 0 Å². The van der Waals surface area contributed by atoms with Gasteiger partial charge >= 0.3 is 24.3 Å². The zero-order chi connectivity index (χ0) is 29.4. The minimum atomic E-state index is -5.08. The van der Waals surface area contributed by atoms with Gasteiger partial charge in [-0.15, -0.1) is 0 Å². The summed E-state index contributed by atoms with van der Waals surface area (Å²) in [7, 11) is 0. The van der Waals surface area contributed by atoms with Crippen LogP contribution in [0.1, 0.15) is 30.8 Å². The standard InChI is InChI=1S/C19H29N3O3.2C2HF3O2/c1-15-2-3-16(25-15)14-21-7-6-18-17(21)4-5-19(23)22(18)9-8-20-10-12-24-13-11-20;2*3-2(4,5)1(6)7/h2-3,17-18H,4-14H2,1H3;2*(H,6,7)/t17-,18-;;/m0../s1. The number of hydrogen-bond acceptors (Lipinski definition) is 7. The van der Waals surface area contributed by atoms with Gasteiger partial charge in [0.15, 0.2) is 0 Å². The largest absolute Gasteiger partial charge is 0.490 e. The topological polar surface area (TPSA) is 124 Å². The second kappa shape index (κ2) is 14.0. The number of aryl methyl sites for hydroxylation is 1. The Balaban J connectivity index is 0.000000317. The highest BCUT2D eigenvalue weighted by atomic mass is 19.4. The first-order chi connectivity index (χ1) is 18.1. The number of carbonyl (C=O) groups is 3. The van der Waals surface area contributed by atoms with Gasteiger partial charge in [0.1, 0.15) is 11.5 Å². The molecule has 16 heteroatoms. The molecule has 0 aromatic carbocycles. The molecular formula is C23H31F6N3O7. The number of alkyl halides is 6. The van der Waals surface area contributed by atoms with E-state index in [0.29, 0.717) is 24.4 Å². The summed E-state index contributed by atoms with van der Waals surface area (Å²) in [5, 5.41) is 14.2. The zero-order valence-electron chi connectivity index (χ0n) is 21.1. The van der Waals surface area contributed by atoms with Gasteiger partial charge in [0, 0.05) is 51.2 Å². The molecule has 0 saturated carbocycles. The number of amides is 1. The number of morpholine rings is 1. The van der Waals surface area contributed by atoms with Crippen molar-refractivity contribution < 1.29 is 60.1 Å². The van der Waals surface area contributed by atoms with Crippen LogP contribution < -0.4 is 0 Å². The SMILES string of the molecule is Cc1ccc(CN2CC[C@H]3[C@@H]2CCC(=O)N3CCN2CCOCC2)o1.O=C(O)C(F)(F)F.O=C(O)C(F)(F)F. The zero-order valence-corrected chi connectivity index (χ0v) is 21.1. The summed E-state index contributed by atoms with van der Waals surface area (Å²) in [6, 6.07) is 4.96. The van der Waals surface area contributed by atoms with Crippen LogP contribution in [-0.4, -0.2) is 113 Å². The van der Waals surface area contributed by atoms with E-state index in [0.717, 1.165) is 76.8 Å². The average molecular weight is 576 g/mol. The number of nitrogens with zero attached hydrogens (tertiary/aromatic N) is 3. The van der Waals surface area contributed by atoms with Crippen LogP contribution in [-0.2, 0) is 25.7 Å². The van der Waals surface area contributed by atoms with Crippen molar-refractivity contribution in [1.29, 1.82) is 0 Å². The van der Waals surface area contributed by atoms with Gasteiger partial charge < -0.3 is 24.3 Å². The predicted octanol–water partition coefficient (Wildman–Crippen LogP) is 2.75. The molecule has 1 aromatic heterocycles. The van der Waals surface area contributed by atoms with Gasteiger partial charge in [0.05, 0.1) is 19.8 Å². The number of likely N-dealkylation sites (tertiary alicyclic amines) is 2. The van der Waals surface area contributed by atoms with Gasteiger partial charge in [-0.1, -0.05) is 0 Å². The fourth-order valence-corrected chi connectivity index (χ4v) is 4.57. The molecule has 4 rings (SSSR count). The minimum Gasteiger partial charge on any atom is -0.475 e. The molecule has 0 radical (unpaired) electrons. The molecule has 10 nitrogen and oxygen atoms in total. The second-order valence-electron chi connectivity index (χ2n) is 9.09. The minimum absolute atomic E-state index is 0.338. The Kier molecular flexibility index (Phi) is 11.6. The Bertz CT molecular complexity index is 939. The van der Waals surface area contributed by atoms with Gasteiger partial charge in [0.25, 0.3) is 0 Å². The molecule has 0 aliphatic carbocycles. The molecule has 0 unspecified atom stereocenters. The lowest BCUT2D eigenvalue weighted by molar-refractivity contribution is -0.193. The summed E-state index contributed by atoms with van der Waals surface area (Å²) < 4.78 is 74.6. The van der Waals surface area contributed by atoms with Crippen LogP contribution in [0.25, 0.3) is 0 Å². The highest BCUT2D eigenvalue weighted by Crippen LogP contribution is 2.32. The van der Waals surface area contributed by atoms with Crippen molar-refractivity contribution in [2.45, 2.75) is 57.2 Å². The molecule has 3 aliphatic rings. The van der Waals surface area contributed by atoms with Crippen molar-refractivity contribution in [3.8, 4) is 0 Å². The number of aliphatic carboxylic acids is 2. The van der Waals surface area contributed by atoms with Crippen LogP contribution in [0.5, 0.6) is 0 Å². The van der Waals surface area contributed by atoms with E-state index in [1.807, 2.05) is 13.0 Å². The average Bonchev–Trinajstić information content (AvgIpc) is 3.44. The monoisotopic (exact) mass is 575 g/mol. The summed E-state index contributed by atoms with van der Waals surface area (Å²) in [5.74, 6) is -3.17. The summed E-state index contributed by atoms with van der Waals surface area (Å²) in [6.07, 6.45) is -7.42. The van der Waals surface area contributed by atoms with Gasteiger partial charge in [-0.2, -0.15) is 26.3 Å². The smallest absolute Gasteiger partial charge is 0.475 e. The maximum atomic E-state index is 12.5. The van der Waals surface area contributed by atoms with Crippen molar-refractivity contribution in [3.05, 3.63) is 23.7 Å². The summed E-state index contributed by atoms with van der Waals surface area (Å²) in [6.45, 7) is 9.33. The van der Waals surface area contributed by atoms with Crippen molar-refractivity contribution in [2.75, 3.05) is 45.9 Å². The molecule has 1 aromatic rings. The van der Waals surface area contributed by atoms with E-state index in [1.165, 1.54) is 0 Å². The molecule has 0 spiro atoms. The first-order valence-corrected chi connectivity index (χ1v) is 12.1. The quantitative estimate of drug-likeness (QED) is 0.510. The third kappa shape index (κ3) is 10.3. The van der Waals surface area contributed by atoms with Gasteiger partial charge in [-0.05, 0) is 31.9 Å². The molecule has 3 aliphatic heterocycles. The fraction of sp³-hybridized carbons (Fsp3) is 0.696. The Morgan fingerprint density at radius 3 is 1.97 bits per heavy atom. The summed E-state index contributed by atoms with van der Waals surface area (Å²) in [5.41, 5.74) is 0. The second-order valence-corrected chi connectivity index (χ2v) is 9.09. The van der Waals surface area contributed by atoms with Crippen molar-refractivity contribution in [1.82, 2.24) is 14.7 Å². The number of ether oxygens (including phenoxy) is 1. The number of halogens is 6. The van der Waals surface area contributed by atoms with Crippen LogP contribution in [0, 0.1) is 6.92 Å². The van der Waals surface area contributed by atoms with Crippen molar-refractivity contribution in [2.24, 2.45) is 0 Å². The van der Waals surface area contributed by atoms with Crippen LogP contribution in [0.4, 0.5) is 26.3 Å². The van der Waals surface area contributed by atoms with Crippen LogP contribution in [0.15, 0.2) is 16.5 Å². The normalized spacial score (nSPS) is 22.3. The number of carboxylic acids is 2. The maximum absolute atomic E-state index is 12.5. The number of rotatable bonds is 5. The fourth-order valence-electron chi connectivity index (χ4n) is 4.57. The van der Waals surface area contributed by atoms with Gasteiger partial charge in [-0.25, -0.2) is 9.59 Å². The third-order valence-electron chi connectivity index (χ3n) is 6.40. The molecule has 2 atom stereocenters. The van der Waals surface area contributed by atoms with E-state index in [9.17, 15) is 31.1 Å². The van der Waals surface area contributed by atoms with Crippen LogP contribution in [0.2, 0.25) is 0 Å². The molecule has 222 valence electrons. The van der Waals surface area contributed by atoms with Crippen molar-refractivity contribution in [3.63, 3.8) is 0 Å². The maximum Gasteiger partial charge on any atom is 0.490 e. The highest BCUT2D eigenvalue weighted by Gasteiger charge is 2.43.